The quantitative estimate of drug-likeness (QED) is 0.402. The lowest BCUT2D eigenvalue weighted by molar-refractivity contribution is -0.0429. The average Bonchev–Trinajstić information content (AvgIpc) is 3.15. The molecule has 0 saturated heterocycles. The van der Waals surface area contributed by atoms with Gasteiger partial charge in [0.25, 0.3) is 5.13 Å². The third-order valence-electron chi connectivity index (χ3n) is 3.96. The first-order valence-electron chi connectivity index (χ1n) is 8.91. The Bertz CT molecular complexity index is 1080. The van der Waals surface area contributed by atoms with Gasteiger partial charge in [-0.05, 0) is 38.5 Å². The molecular formula is C17H21F3N6O3S2. The number of halogens is 3. The van der Waals surface area contributed by atoms with Crippen molar-refractivity contribution in [3.63, 3.8) is 0 Å². The summed E-state index contributed by atoms with van der Waals surface area (Å²) in [6.07, 6.45) is 0. The number of rotatable bonds is 9. The Labute approximate surface area is 181 Å². The second-order valence-electron chi connectivity index (χ2n) is 6.17. The smallest absolute Gasteiger partial charge is 0.491 e. The molecule has 14 heteroatoms. The topological polar surface area (TPSA) is 109 Å². The monoisotopic (exact) mass is 478 g/mol. The summed E-state index contributed by atoms with van der Waals surface area (Å²) in [6.45, 7) is 9.96. The van der Waals surface area contributed by atoms with Crippen LogP contribution in [0.5, 0.6) is 0 Å². The van der Waals surface area contributed by atoms with Crippen LogP contribution in [0.25, 0.3) is 5.76 Å². The molecule has 2 rings (SSSR count). The number of azo groups is 1. The molecule has 0 aliphatic heterocycles. The zero-order chi connectivity index (χ0) is 23.4. The van der Waals surface area contributed by atoms with Gasteiger partial charge in [0.05, 0.1) is 12.3 Å². The molecule has 1 aromatic carbocycles. The van der Waals surface area contributed by atoms with Crippen LogP contribution in [0.1, 0.15) is 24.4 Å². The molecule has 1 N–H and O–H groups in total. The van der Waals surface area contributed by atoms with E-state index in [0.717, 1.165) is 11.3 Å². The van der Waals surface area contributed by atoms with E-state index in [9.17, 15) is 21.6 Å². The van der Waals surface area contributed by atoms with Gasteiger partial charge >= 0.3 is 15.5 Å². The van der Waals surface area contributed by atoms with E-state index >= 15 is 0 Å². The van der Waals surface area contributed by atoms with Crippen LogP contribution >= 0.6 is 11.3 Å². The lowest BCUT2D eigenvalue weighted by Gasteiger charge is -2.21. The molecule has 0 aliphatic rings. The summed E-state index contributed by atoms with van der Waals surface area (Å²) in [6, 6.07) is 2.71. The van der Waals surface area contributed by atoms with E-state index < -0.39 is 15.5 Å². The van der Waals surface area contributed by atoms with Crippen LogP contribution in [0.3, 0.4) is 0 Å². The Morgan fingerprint density at radius 2 is 1.97 bits per heavy atom. The number of anilines is 2. The van der Waals surface area contributed by atoms with Crippen molar-refractivity contribution in [2.45, 2.75) is 26.3 Å². The highest BCUT2D eigenvalue weighted by Gasteiger charge is 2.46. The number of hydrogen-bond acceptors (Lipinski definition) is 9. The summed E-state index contributed by atoms with van der Waals surface area (Å²) >= 11 is 1.01. The Morgan fingerprint density at radius 3 is 2.55 bits per heavy atom. The van der Waals surface area contributed by atoms with Crippen LogP contribution in [0.15, 0.2) is 28.9 Å². The van der Waals surface area contributed by atoms with Crippen LogP contribution in [-0.2, 0) is 14.8 Å². The molecule has 0 unspecified atom stereocenters. The van der Waals surface area contributed by atoms with Gasteiger partial charge in [-0.3, -0.25) is 4.72 Å². The summed E-state index contributed by atoms with van der Waals surface area (Å²) in [5.41, 5.74) is -4.77. The maximum Gasteiger partial charge on any atom is 0.516 e. The van der Waals surface area contributed by atoms with Crippen LogP contribution in [0.2, 0.25) is 0 Å². The number of benzene rings is 1. The SMILES string of the molecule is C=C(OCC)c1nnc(N=Nc2cc(C)c(N(C)CC)cc2NS(=O)(=O)C(F)(F)F)s1. The van der Waals surface area contributed by atoms with E-state index in [1.165, 1.54) is 12.1 Å². The molecule has 0 radical (unpaired) electrons. The summed E-state index contributed by atoms with van der Waals surface area (Å²) < 4.78 is 68.8. The molecule has 170 valence electrons. The number of alkyl halides is 3. The van der Waals surface area contributed by atoms with E-state index in [0.29, 0.717) is 35.2 Å². The van der Waals surface area contributed by atoms with Gasteiger partial charge in [0.2, 0.25) is 0 Å². The lowest BCUT2D eigenvalue weighted by atomic mass is 10.1. The van der Waals surface area contributed by atoms with E-state index in [2.05, 4.69) is 27.0 Å². The highest BCUT2D eigenvalue weighted by Crippen LogP contribution is 2.37. The predicted octanol–water partition coefficient (Wildman–Crippen LogP) is 4.99. The average molecular weight is 479 g/mol. The highest BCUT2D eigenvalue weighted by atomic mass is 32.2. The lowest BCUT2D eigenvalue weighted by Crippen LogP contribution is -2.30. The Kier molecular flexibility index (Phi) is 7.59. The molecule has 1 heterocycles. The van der Waals surface area contributed by atoms with Crippen molar-refractivity contribution in [3.8, 4) is 0 Å². The van der Waals surface area contributed by atoms with Gasteiger partial charge in [0, 0.05) is 19.3 Å². The molecular weight excluding hydrogens is 457 g/mol. The molecule has 0 atom stereocenters. The van der Waals surface area contributed by atoms with Crippen LogP contribution in [0, 0.1) is 6.92 Å². The maximum absolute atomic E-state index is 12.9. The first-order chi connectivity index (χ1) is 14.4. The third-order valence-corrected chi connectivity index (χ3v) is 5.91. The minimum Gasteiger partial charge on any atom is -0.491 e. The van der Waals surface area contributed by atoms with Crippen molar-refractivity contribution in [3.05, 3.63) is 29.3 Å². The van der Waals surface area contributed by atoms with Crippen molar-refractivity contribution < 1.29 is 26.3 Å². The molecule has 0 aliphatic carbocycles. The molecule has 31 heavy (non-hydrogen) atoms. The number of sulfonamides is 1. The van der Waals surface area contributed by atoms with Crippen molar-refractivity contribution in [2.75, 3.05) is 29.8 Å². The standard InChI is InChI=1S/C17H21F3N6O3S2/c1-6-26(5)14-9-13(25-31(27,28)17(18,19)20)12(8-10(14)3)21-23-16-24-22-15(30-16)11(4)29-7-2/h8-9,25H,4,6-7H2,1-3,5H3. The van der Waals surface area contributed by atoms with E-state index in [-0.39, 0.29) is 16.5 Å². The van der Waals surface area contributed by atoms with E-state index in [4.69, 9.17) is 4.74 Å². The fourth-order valence-corrected chi connectivity index (χ4v) is 3.49. The van der Waals surface area contributed by atoms with Crippen LogP contribution < -0.4 is 9.62 Å². The minimum absolute atomic E-state index is 0.0906. The second kappa shape index (κ2) is 9.60. The number of aromatic nitrogens is 2. The molecule has 0 bridgehead atoms. The maximum atomic E-state index is 12.9. The van der Waals surface area contributed by atoms with Gasteiger partial charge < -0.3 is 9.64 Å². The Hall–Kier alpha value is -2.74. The summed E-state index contributed by atoms with van der Waals surface area (Å²) in [5, 5.41) is 15.9. The van der Waals surface area contributed by atoms with Gasteiger partial charge in [0.1, 0.15) is 11.4 Å². The van der Waals surface area contributed by atoms with E-state index in [1.807, 2.05) is 6.92 Å². The van der Waals surface area contributed by atoms with Gasteiger partial charge in [-0.15, -0.1) is 20.4 Å². The zero-order valence-corrected chi connectivity index (χ0v) is 18.8. The zero-order valence-electron chi connectivity index (χ0n) is 17.2. The minimum atomic E-state index is -5.66. The molecule has 0 spiro atoms. The predicted molar refractivity (Wildman–Crippen MR) is 113 cm³/mol. The van der Waals surface area contributed by atoms with Crippen molar-refractivity contribution in [2.24, 2.45) is 10.2 Å². The number of aryl methyl sites for hydroxylation is 1. The fourth-order valence-electron chi connectivity index (χ4n) is 2.33. The van der Waals surface area contributed by atoms with Gasteiger partial charge in [-0.25, -0.2) is 0 Å². The van der Waals surface area contributed by atoms with Crippen molar-refractivity contribution >= 4 is 49.3 Å². The fraction of sp³-hybridized carbons (Fsp3) is 0.412. The third kappa shape index (κ3) is 5.91. The van der Waals surface area contributed by atoms with Gasteiger partial charge in [0.15, 0.2) is 5.01 Å². The Balaban J connectivity index is 2.47. The first-order valence-corrected chi connectivity index (χ1v) is 11.2. The molecule has 1 aromatic heterocycles. The number of nitrogens with one attached hydrogen (secondary N) is 1. The van der Waals surface area contributed by atoms with Gasteiger partial charge in [-0.1, -0.05) is 17.9 Å². The largest absolute Gasteiger partial charge is 0.516 e. The molecule has 2 aromatic rings. The van der Waals surface area contributed by atoms with Crippen molar-refractivity contribution in [1.29, 1.82) is 0 Å². The molecule has 0 fully saturated rings. The number of ether oxygens (including phenoxy) is 1. The number of nitrogens with zero attached hydrogens (tertiary/aromatic N) is 5. The summed E-state index contributed by atoms with van der Waals surface area (Å²) in [5.74, 6) is 0.294. The molecule has 9 nitrogen and oxygen atoms in total. The van der Waals surface area contributed by atoms with Crippen molar-refractivity contribution in [1.82, 2.24) is 10.2 Å². The van der Waals surface area contributed by atoms with E-state index in [1.54, 1.807) is 30.5 Å². The second-order valence-corrected chi connectivity index (χ2v) is 8.80. The molecule has 0 saturated carbocycles. The van der Waals surface area contributed by atoms with Crippen LogP contribution in [-0.4, -0.2) is 44.3 Å². The first kappa shape index (κ1) is 24.5. The summed E-state index contributed by atoms with van der Waals surface area (Å²) in [7, 11) is -3.93. The van der Waals surface area contributed by atoms with Gasteiger partial charge in [-0.2, -0.15) is 21.6 Å². The summed E-state index contributed by atoms with van der Waals surface area (Å²) in [4.78, 5) is 1.75. The number of hydrogen-bond donors (Lipinski definition) is 1. The highest BCUT2D eigenvalue weighted by molar-refractivity contribution is 7.93. The normalized spacial score (nSPS) is 12.2. The molecule has 0 amide bonds. The Morgan fingerprint density at radius 1 is 1.29 bits per heavy atom. The van der Waals surface area contributed by atoms with Crippen LogP contribution in [0.4, 0.5) is 35.4 Å².